The van der Waals surface area contributed by atoms with Gasteiger partial charge in [-0.15, -0.1) is 0 Å². The molecule has 5 nitrogen and oxygen atoms in total. The molecule has 0 fully saturated rings. The van der Waals surface area contributed by atoms with Crippen molar-refractivity contribution in [3.8, 4) is 11.5 Å². The summed E-state index contributed by atoms with van der Waals surface area (Å²) in [6, 6.07) is 6.13. The Hall–Kier alpha value is -2.13. The molecule has 1 heterocycles. The monoisotopic (exact) mass is 271 g/mol. The summed E-state index contributed by atoms with van der Waals surface area (Å²) in [5.74, 6) is 2.17. The number of hydrogen-bond acceptors (Lipinski definition) is 3. The fourth-order valence-electron chi connectivity index (χ4n) is 2.84. The van der Waals surface area contributed by atoms with Crippen LogP contribution in [0.25, 0.3) is 16.0 Å². The summed E-state index contributed by atoms with van der Waals surface area (Å²) in [7, 11) is 0. The smallest absolute Gasteiger partial charge is 0.231 e. The molecule has 2 aliphatic rings. The van der Waals surface area contributed by atoms with Gasteiger partial charge in [0.15, 0.2) is 11.5 Å². The van der Waals surface area contributed by atoms with Crippen LogP contribution >= 0.6 is 0 Å². The number of rotatable bonds is 4. The van der Waals surface area contributed by atoms with Crippen LogP contribution < -0.4 is 9.47 Å². The van der Waals surface area contributed by atoms with Gasteiger partial charge in [-0.25, -0.2) is 0 Å². The van der Waals surface area contributed by atoms with Crippen molar-refractivity contribution in [2.24, 2.45) is 11.0 Å². The van der Waals surface area contributed by atoms with Crippen LogP contribution in [0.4, 0.5) is 0 Å². The highest BCUT2D eigenvalue weighted by molar-refractivity contribution is 5.69. The Morgan fingerprint density at radius 2 is 2.20 bits per heavy atom. The van der Waals surface area contributed by atoms with Gasteiger partial charge in [-0.05, 0) is 60.4 Å². The Morgan fingerprint density at radius 1 is 1.30 bits per heavy atom. The van der Waals surface area contributed by atoms with E-state index in [1.165, 1.54) is 24.0 Å². The fraction of sp³-hybridized carbons (Fsp3) is 0.467. The SMILES string of the molecule is [N-]=[N+]=NCCC1C=C(c2ccc3c(c2)OCO3)CCC1. The molecule has 0 N–H and O–H groups in total. The first-order valence-corrected chi connectivity index (χ1v) is 6.98. The predicted molar refractivity (Wildman–Crippen MR) is 76.5 cm³/mol. The van der Waals surface area contributed by atoms with E-state index in [0.29, 0.717) is 19.3 Å². The zero-order chi connectivity index (χ0) is 13.8. The first-order chi connectivity index (χ1) is 9.86. The van der Waals surface area contributed by atoms with E-state index in [1.807, 2.05) is 6.07 Å². The summed E-state index contributed by atoms with van der Waals surface area (Å²) >= 11 is 0. The van der Waals surface area contributed by atoms with Gasteiger partial charge in [0.25, 0.3) is 0 Å². The molecule has 1 aliphatic carbocycles. The van der Waals surface area contributed by atoms with Gasteiger partial charge in [-0.1, -0.05) is 17.3 Å². The average molecular weight is 271 g/mol. The molecular formula is C15H17N3O2. The molecule has 0 bridgehead atoms. The molecule has 0 saturated carbocycles. The molecule has 0 spiro atoms. The van der Waals surface area contributed by atoms with Crippen LogP contribution in [0, 0.1) is 5.92 Å². The number of benzene rings is 1. The molecule has 0 amide bonds. The summed E-state index contributed by atoms with van der Waals surface area (Å²) in [4.78, 5) is 2.81. The summed E-state index contributed by atoms with van der Waals surface area (Å²) < 4.78 is 10.8. The van der Waals surface area contributed by atoms with E-state index in [4.69, 9.17) is 15.0 Å². The minimum atomic E-state index is 0.312. The van der Waals surface area contributed by atoms with E-state index in [9.17, 15) is 0 Å². The Labute approximate surface area is 117 Å². The molecule has 5 heteroatoms. The number of hydrogen-bond donors (Lipinski definition) is 0. The largest absolute Gasteiger partial charge is 0.454 e. The minimum Gasteiger partial charge on any atom is -0.454 e. The molecule has 3 rings (SSSR count). The van der Waals surface area contributed by atoms with Gasteiger partial charge in [0.1, 0.15) is 0 Å². The molecule has 0 saturated heterocycles. The van der Waals surface area contributed by atoms with Gasteiger partial charge < -0.3 is 9.47 Å². The van der Waals surface area contributed by atoms with E-state index in [-0.39, 0.29) is 0 Å². The summed E-state index contributed by atoms with van der Waals surface area (Å²) in [6.07, 6.45) is 6.71. The van der Waals surface area contributed by atoms with Crippen LogP contribution in [-0.2, 0) is 0 Å². The Bertz CT molecular complexity index is 576. The molecule has 0 aromatic heterocycles. The quantitative estimate of drug-likeness (QED) is 0.465. The number of nitrogens with zero attached hydrogens (tertiary/aromatic N) is 3. The third kappa shape index (κ3) is 2.73. The standard InChI is InChI=1S/C15H17N3O2/c16-18-17-7-6-11-2-1-3-12(8-11)13-4-5-14-15(9-13)20-10-19-14/h4-5,8-9,11H,1-3,6-7,10H2. The molecule has 1 aromatic carbocycles. The van der Waals surface area contributed by atoms with Crippen molar-refractivity contribution < 1.29 is 9.47 Å². The number of ether oxygens (including phenoxy) is 2. The number of allylic oxidation sites excluding steroid dienone is 2. The van der Waals surface area contributed by atoms with E-state index >= 15 is 0 Å². The van der Waals surface area contributed by atoms with Crippen LogP contribution in [-0.4, -0.2) is 13.3 Å². The highest BCUT2D eigenvalue weighted by Crippen LogP contribution is 2.37. The van der Waals surface area contributed by atoms with Crippen molar-refractivity contribution in [1.82, 2.24) is 0 Å². The Kier molecular flexibility index (Phi) is 3.79. The van der Waals surface area contributed by atoms with Gasteiger partial charge >= 0.3 is 0 Å². The third-order valence-corrected chi connectivity index (χ3v) is 3.86. The van der Waals surface area contributed by atoms with Crippen LogP contribution in [0.15, 0.2) is 29.4 Å². The van der Waals surface area contributed by atoms with Crippen molar-refractivity contribution in [2.75, 3.05) is 13.3 Å². The maximum atomic E-state index is 8.33. The first kappa shape index (κ1) is 12.9. The summed E-state index contributed by atoms with van der Waals surface area (Å²) in [5.41, 5.74) is 10.9. The number of azide groups is 1. The lowest BCUT2D eigenvalue weighted by atomic mass is 9.85. The molecule has 1 unspecified atom stereocenters. The van der Waals surface area contributed by atoms with E-state index in [0.717, 1.165) is 24.3 Å². The van der Waals surface area contributed by atoms with Crippen LogP contribution in [0.5, 0.6) is 11.5 Å². The Balaban J connectivity index is 1.76. The molecule has 1 aromatic rings. The van der Waals surface area contributed by atoms with Crippen LogP contribution in [0.3, 0.4) is 0 Å². The Morgan fingerprint density at radius 3 is 3.10 bits per heavy atom. The van der Waals surface area contributed by atoms with Crippen molar-refractivity contribution in [3.05, 3.63) is 40.3 Å². The third-order valence-electron chi connectivity index (χ3n) is 3.86. The normalized spacial score (nSPS) is 20.2. The maximum absolute atomic E-state index is 8.33. The van der Waals surface area contributed by atoms with Gasteiger partial charge in [0, 0.05) is 11.5 Å². The highest BCUT2D eigenvalue weighted by Gasteiger charge is 2.18. The topological polar surface area (TPSA) is 67.2 Å². The second-order valence-electron chi connectivity index (χ2n) is 5.16. The highest BCUT2D eigenvalue weighted by atomic mass is 16.7. The van der Waals surface area contributed by atoms with E-state index in [1.54, 1.807) is 0 Å². The van der Waals surface area contributed by atoms with Crippen molar-refractivity contribution in [2.45, 2.75) is 25.7 Å². The first-order valence-electron chi connectivity index (χ1n) is 6.98. The molecule has 104 valence electrons. The second-order valence-corrected chi connectivity index (χ2v) is 5.16. The maximum Gasteiger partial charge on any atom is 0.231 e. The van der Waals surface area contributed by atoms with Gasteiger partial charge in [-0.2, -0.15) is 0 Å². The zero-order valence-corrected chi connectivity index (χ0v) is 11.3. The zero-order valence-electron chi connectivity index (χ0n) is 11.3. The molecular weight excluding hydrogens is 254 g/mol. The minimum absolute atomic E-state index is 0.312. The van der Waals surface area contributed by atoms with Crippen LogP contribution in [0.2, 0.25) is 0 Å². The fourth-order valence-corrected chi connectivity index (χ4v) is 2.84. The lowest BCUT2D eigenvalue weighted by molar-refractivity contribution is 0.174. The molecule has 1 aliphatic heterocycles. The molecule has 0 radical (unpaired) electrons. The van der Waals surface area contributed by atoms with Gasteiger partial charge in [0.05, 0.1) is 0 Å². The van der Waals surface area contributed by atoms with E-state index < -0.39 is 0 Å². The van der Waals surface area contributed by atoms with Crippen molar-refractivity contribution >= 4 is 5.57 Å². The number of fused-ring (bicyclic) bond motifs is 1. The molecule has 20 heavy (non-hydrogen) atoms. The van der Waals surface area contributed by atoms with E-state index in [2.05, 4.69) is 28.2 Å². The average Bonchev–Trinajstić information content (AvgIpc) is 2.95. The second kappa shape index (κ2) is 5.88. The molecule has 1 atom stereocenters. The lowest BCUT2D eigenvalue weighted by Crippen LogP contribution is -2.05. The lowest BCUT2D eigenvalue weighted by Gasteiger charge is -2.21. The van der Waals surface area contributed by atoms with Crippen LogP contribution in [0.1, 0.15) is 31.2 Å². The predicted octanol–water partition coefficient (Wildman–Crippen LogP) is 4.30. The van der Waals surface area contributed by atoms with Gasteiger partial charge in [-0.3, -0.25) is 0 Å². The van der Waals surface area contributed by atoms with Crippen molar-refractivity contribution in [1.29, 1.82) is 0 Å². The van der Waals surface area contributed by atoms with Gasteiger partial charge in [0.2, 0.25) is 6.79 Å². The summed E-state index contributed by atoms with van der Waals surface area (Å²) in [5, 5.41) is 3.63. The summed E-state index contributed by atoms with van der Waals surface area (Å²) in [6.45, 7) is 0.888. The van der Waals surface area contributed by atoms with Crippen molar-refractivity contribution in [3.63, 3.8) is 0 Å².